The maximum Gasteiger partial charge on any atom is 0.343 e. The number of esters is 1. The van der Waals surface area contributed by atoms with Gasteiger partial charge in [-0.15, -0.1) is 0 Å². The molecule has 0 unspecified atom stereocenters. The Morgan fingerprint density at radius 1 is 1.03 bits per heavy atom. The normalized spacial score (nSPS) is 15.0. The summed E-state index contributed by atoms with van der Waals surface area (Å²) in [7, 11) is 5.77. The average Bonchev–Trinajstić information content (AvgIpc) is 3.43. The third-order valence-electron chi connectivity index (χ3n) is 5.48. The number of amides is 1. The van der Waals surface area contributed by atoms with E-state index >= 15 is 0 Å². The van der Waals surface area contributed by atoms with Crippen LogP contribution < -0.4 is 29.0 Å². The predicted octanol–water partition coefficient (Wildman–Crippen LogP) is 3.14. The Kier molecular flexibility index (Phi) is 9.13. The van der Waals surface area contributed by atoms with E-state index in [1.165, 1.54) is 52.7 Å². The molecule has 2 aromatic carbocycles. The van der Waals surface area contributed by atoms with Crippen molar-refractivity contribution in [3.05, 3.63) is 47.0 Å². The minimum absolute atomic E-state index is 0.0337. The number of nitriles is 1. The van der Waals surface area contributed by atoms with Gasteiger partial charge < -0.3 is 33.7 Å². The van der Waals surface area contributed by atoms with Crippen molar-refractivity contribution in [3.63, 3.8) is 0 Å². The molecule has 10 nitrogen and oxygen atoms in total. The molecule has 1 atom stereocenters. The highest BCUT2D eigenvalue weighted by atomic mass is 16.6. The number of methoxy groups -OCH3 is 4. The molecule has 1 aliphatic heterocycles. The summed E-state index contributed by atoms with van der Waals surface area (Å²) in [6.07, 6.45) is 3.23. The van der Waals surface area contributed by atoms with Gasteiger partial charge in [0.2, 0.25) is 5.75 Å². The molecule has 1 heterocycles. The van der Waals surface area contributed by atoms with E-state index < -0.39 is 11.9 Å². The second-order valence-electron chi connectivity index (χ2n) is 7.73. The van der Waals surface area contributed by atoms with Gasteiger partial charge in [-0.1, -0.05) is 6.07 Å². The fourth-order valence-corrected chi connectivity index (χ4v) is 3.64. The molecule has 2 aromatic rings. The van der Waals surface area contributed by atoms with Gasteiger partial charge in [0.15, 0.2) is 23.0 Å². The highest BCUT2D eigenvalue weighted by molar-refractivity contribution is 6.01. The lowest BCUT2D eigenvalue weighted by Gasteiger charge is -2.14. The maximum absolute atomic E-state index is 12.8. The molecule has 0 bridgehead atoms. The smallest absolute Gasteiger partial charge is 0.343 e. The molecule has 0 aliphatic carbocycles. The van der Waals surface area contributed by atoms with Gasteiger partial charge in [-0.05, 0) is 48.7 Å². The second-order valence-corrected chi connectivity index (χ2v) is 7.73. The first-order valence-electron chi connectivity index (χ1n) is 11.2. The van der Waals surface area contributed by atoms with Crippen LogP contribution in [0.2, 0.25) is 0 Å². The Balaban J connectivity index is 1.78. The lowest BCUT2D eigenvalue weighted by Crippen LogP contribution is -2.32. The molecule has 190 valence electrons. The molecule has 0 aromatic heterocycles. The zero-order valence-corrected chi connectivity index (χ0v) is 20.6. The van der Waals surface area contributed by atoms with Crippen LogP contribution in [0.5, 0.6) is 28.7 Å². The second kappa shape index (κ2) is 12.5. The Bertz CT molecular complexity index is 1150. The summed E-state index contributed by atoms with van der Waals surface area (Å²) in [5, 5.41) is 12.2. The largest absolute Gasteiger partial charge is 0.493 e. The van der Waals surface area contributed by atoms with Gasteiger partial charge in [-0.25, -0.2) is 4.79 Å². The molecular weight excluding hydrogens is 468 g/mol. The lowest BCUT2D eigenvalue weighted by atomic mass is 10.1. The van der Waals surface area contributed by atoms with Crippen LogP contribution in [0, 0.1) is 11.3 Å². The summed E-state index contributed by atoms with van der Waals surface area (Å²) < 4.78 is 32.2. The molecule has 1 fully saturated rings. The van der Waals surface area contributed by atoms with Crippen molar-refractivity contribution in [1.29, 1.82) is 5.26 Å². The monoisotopic (exact) mass is 496 g/mol. The summed E-state index contributed by atoms with van der Waals surface area (Å²) in [4.78, 5) is 25.3. The third kappa shape index (κ3) is 6.25. The molecule has 0 saturated carbocycles. The lowest BCUT2D eigenvalue weighted by molar-refractivity contribution is -0.117. The SMILES string of the molecule is COc1cc(/C=C(\C#N)C(=O)NC[C@H]2CCCO2)ccc1OC(=O)c1cc(OC)c(OC)c(OC)c1. The Morgan fingerprint density at radius 2 is 1.72 bits per heavy atom. The van der Waals surface area contributed by atoms with Crippen molar-refractivity contribution in [2.24, 2.45) is 0 Å². The standard InChI is InChI=1S/C26H28N2O8/c1-31-21-11-16(10-18(14-27)25(29)28-15-19-6-5-9-35-19)7-8-20(21)36-26(30)17-12-22(32-2)24(34-4)23(13-17)33-3/h7-8,10-13,19H,5-6,9,15H2,1-4H3,(H,28,29)/b18-10+/t19-/m1/s1. The molecule has 1 saturated heterocycles. The molecule has 36 heavy (non-hydrogen) atoms. The Labute approximate surface area is 209 Å². The molecular formula is C26H28N2O8. The predicted molar refractivity (Wildman–Crippen MR) is 130 cm³/mol. The zero-order valence-electron chi connectivity index (χ0n) is 20.6. The molecule has 0 spiro atoms. The van der Waals surface area contributed by atoms with Gasteiger partial charge in [-0.3, -0.25) is 4.79 Å². The molecule has 1 aliphatic rings. The number of benzene rings is 2. The fourth-order valence-electron chi connectivity index (χ4n) is 3.64. The van der Waals surface area contributed by atoms with Gasteiger partial charge in [0.1, 0.15) is 11.6 Å². The van der Waals surface area contributed by atoms with Crippen LogP contribution in [0.4, 0.5) is 0 Å². The van der Waals surface area contributed by atoms with Crippen molar-refractivity contribution >= 4 is 18.0 Å². The summed E-state index contributed by atoms with van der Waals surface area (Å²) in [5.41, 5.74) is 0.616. The Hall–Kier alpha value is -4.23. The van der Waals surface area contributed by atoms with Crippen LogP contribution in [-0.4, -0.2) is 59.6 Å². The van der Waals surface area contributed by atoms with Crippen molar-refractivity contribution in [2.75, 3.05) is 41.6 Å². The number of rotatable bonds is 10. The van der Waals surface area contributed by atoms with E-state index in [0.29, 0.717) is 36.0 Å². The van der Waals surface area contributed by atoms with E-state index in [4.69, 9.17) is 28.4 Å². The third-order valence-corrected chi connectivity index (χ3v) is 5.48. The first-order chi connectivity index (χ1) is 17.4. The Morgan fingerprint density at radius 3 is 2.28 bits per heavy atom. The van der Waals surface area contributed by atoms with Crippen molar-refractivity contribution in [2.45, 2.75) is 18.9 Å². The average molecular weight is 497 g/mol. The minimum Gasteiger partial charge on any atom is -0.493 e. The maximum atomic E-state index is 12.8. The first kappa shape index (κ1) is 26.4. The zero-order chi connectivity index (χ0) is 26.1. The number of hydrogen-bond donors (Lipinski definition) is 1. The van der Waals surface area contributed by atoms with E-state index in [1.807, 2.05) is 6.07 Å². The highest BCUT2D eigenvalue weighted by Crippen LogP contribution is 2.39. The molecule has 0 radical (unpaired) electrons. The van der Waals surface area contributed by atoms with Crippen LogP contribution in [-0.2, 0) is 9.53 Å². The van der Waals surface area contributed by atoms with E-state index in [1.54, 1.807) is 12.1 Å². The number of carbonyl (C=O) groups is 2. The van der Waals surface area contributed by atoms with Crippen LogP contribution >= 0.6 is 0 Å². The van der Waals surface area contributed by atoms with Crippen molar-refractivity contribution in [3.8, 4) is 34.8 Å². The molecule has 1 N–H and O–H groups in total. The number of nitrogens with one attached hydrogen (secondary N) is 1. The quantitative estimate of drug-likeness (QED) is 0.228. The van der Waals surface area contributed by atoms with Crippen LogP contribution in [0.1, 0.15) is 28.8 Å². The number of carbonyl (C=O) groups excluding carboxylic acids is 2. The van der Waals surface area contributed by atoms with E-state index in [-0.39, 0.29) is 28.7 Å². The van der Waals surface area contributed by atoms with Gasteiger partial charge in [0.25, 0.3) is 5.91 Å². The fraction of sp³-hybridized carbons (Fsp3) is 0.346. The minimum atomic E-state index is -0.679. The number of hydrogen-bond acceptors (Lipinski definition) is 9. The molecule has 1 amide bonds. The summed E-state index contributed by atoms with van der Waals surface area (Å²) in [6.45, 7) is 1.02. The first-order valence-corrected chi connectivity index (χ1v) is 11.2. The van der Waals surface area contributed by atoms with E-state index in [0.717, 1.165) is 12.8 Å². The van der Waals surface area contributed by atoms with Gasteiger partial charge in [0, 0.05) is 13.2 Å². The van der Waals surface area contributed by atoms with Crippen molar-refractivity contribution < 1.29 is 38.0 Å². The van der Waals surface area contributed by atoms with Crippen molar-refractivity contribution in [1.82, 2.24) is 5.32 Å². The highest BCUT2D eigenvalue weighted by Gasteiger charge is 2.20. The summed E-state index contributed by atoms with van der Waals surface area (Å²) in [6, 6.07) is 9.53. The number of ether oxygens (including phenoxy) is 6. The number of nitrogens with zero attached hydrogens (tertiary/aromatic N) is 1. The van der Waals surface area contributed by atoms with Crippen LogP contribution in [0.25, 0.3) is 6.08 Å². The van der Waals surface area contributed by atoms with Crippen LogP contribution in [0.3, 0.4) is 0 Å². The van der Waals surface area contributed by atoms with Gasteiger partial charge >= 0.3 is 5.97 Å². The summed E-state index contributed by atoms with van der Waals surface area (Å²) >= 11 is 0. The van der Waals surface area contributed by atoms with Crippen LogP contribution in [0.15, 0.2) is 35.9 Å². The topological polar surface area (TPSA) is 125 Å². The van der Waals surface area contributed by atoms with E-state index in [9.17, 15) is 14.9 Å². The van der Waals surface area contributed by atoms with Gasteiger partial charge in [0.05, 0.1) is 40.1 Å². The molecule has 10 heteroatoms. The van der Waals surface area contributed by atoms with Gasteiger partial charge in [-0.2, -0.15) is 5.26 Å². The summed E-state index contributed by atoms with van der Waals surface area (Å²) in [5.74, 6) is 0.165. The molecule has 3 rings (SSSR count). The van der Waals surface area contributed by atoms with E-state index in [2.05, 4.69) is 5.32 Å².